The Labute approximate surface area is 249 Å². The minimum absolute atomic E-state index is 0.0164. The zero-order valence-electron chi connectivity index (χ0n) is 24.1. The van der Waals surface area contributed by atoms with E-state index in [0.717, 1.165) is 17.5 Å². The number of piperidine rings is 1. The molecule has 3 aromatic rings. The van der Waals surface area contributed by atoms with E-state index in [-0.39, 0.29) is 43.7 Å². The third-order valence-electron chi connectivity index (χ3n) is 7.60. The number of carbonyl (C=O) groups is 3. The second kappa shape index (κ2) is 14.0. The molecule has 3 amide bonds. The van der Waals surface area contributed by atoms with E-state index >= 15 is 0 Å². The van der Waals surface area contributed by atoms with Crippen molar-refractivity contribution in [2.24, 2.45) is 0 Å². The quantitative estimate of drug-likeness (QED) is 0.414. The van der Waals surface area contributed by atoms with Crippen LogP contribution in [0, 0.1) is 5.82 Å². The van der Waals surface area contributed by atoms with Crippen molar-refractivity contribution in [3.8, 4) is 17.2 Å². The topological polar surface area (TPSA) is 135 Å². The fraction of sp³-hybridized carbons (Fsp3) is 0.419. The number of aromatic nitrogens is 2. The number of halogens is 1. The number of benzene rings is 2. The van der Waals surface area contributed by atoms with Crippen LogP contribution in [0.3, 0.4) is 0 Å². The summed E-state index contributed by atoms with van der Waals surface area (Å²) in [5.41, 5.74) is 2.42. The minimum atomic E-state index is -0.568. The van der Waals surface area contributed by atoms with Crippen molar-refractivity contribution < 1.29 is 33.0 Å². The molecule has 4 bridgehead atoms. The number of ether oxygens (including phenoxy) is 3. The summed E-state index contributed by atoms with van der Waals surface area (Å²) < 4.78 is 32.0. The lowest BCUT2D eigenvalue weighted by atomic mass is 10.0. The molecule has 0 radical (unpaired) electrons. The summed E-state index contributed by atoms with van der Waals surface area (Å²) in [4.78, 5) is 40.5. The van der Waals surface area contributed by atoms with Gasteiger partial charge in [-0.1, -0.05) is 6.07 Å². The fourth-order valence-corrected chi connectivity index (χ4v) is 5.35. The second-order valence-corrected chi connectivity index (χ2v) is 10.8. The van der Waals surface area contributed by atoms with Crippen LogP contribution in [0.4, 0.5) is 4.39 Å². The van der Waals surface area contributed by atoms with Crippen LogP contribution < -0.4 is 24.8 Å². The predicted octanol–water partition coefficient (Wildman–Crippen LogP) is 2.69. The number of aryl methyl sites for hydroxylation is 2. The highest BCUT2D eigenvalue weighted by molar-refractivity contribution is 5.79. The molecule has 1 aromatic heterocycles. The maximum Gasteiger partial charge on any atom is 0.258 e. The Kier molecular flexibility index (Phi) is 9.75. The van der Waals surface area contributed by atoms with Crippen LogP contribution in [0.2, 0.25) is 0 Å². The van der Waals surface area contributed by atoms with Gasteiger partial charge in [0.2, 0.25) is 11.8 Å². The molecule has 43 heavy (non-hydrogen) atoms. The first-order valence-electron chi connectivity index (χ1n) is 14.4. The van der Waals surface area contributed by atoms with Crippen molar-refractivity contribution in [2.75, 3.05) is 26.8 Å². The van der Waals surface area contributed by atoms with Crippen molar-refractivity contribution in [3.05, 3.63) is 71.3 Å². The molecular formula is C31H36FN5O6. The number of methoxy groups -OCH3 is 1. The van der Waals surface area contributed by atoms with E-state index in [1.165, 1.54) is 19.2 Å². The molecule has 3 heterocycles. The zero-order valence-corrected chi connectivity index (χ0v) is 24.1. The Morgan fingerprint density at radius 2 is 2.02 bits per heavy atom. The van der Waals surface area contributed by atoms with Crippen LogP contribution in [0.15, 0.2) is 48.8 Å². The van der Waals surface area contributed by atoms with Crippen LogP contribution >= 0.6 is 0 Å². The van der Waals surface area contributed by atoms with E-state index in [4.69, 9.17) is 14.2 Å². The number of amides is 3. The number of likely N-dealkylation sites (tertiary alicyclic amines) is 1. The van der Waals surface area contributed by atoms with Crippen molar-refractivity contribution in [2.45, 2.75) is 57.2 Å². The number of carbonyl (C=O) groups excluding carboxylic acids is 3. The molecule has 2 aliphatic heterocycles. The van der Waals surface area contributed by atoms with E-state index in [0.29, 0.717) is 49.3 Å². The normalized spacial score (nSPS) is 19.4. The van der Waals surface area contributed by atoms with Gasteiger partial charge in [0.15, 0.2) is 18.1 Å². The van der Waals surface area contributed by atoms with Crippen molar-refractivity contribution in [3.63, 3.8) is 0 Å². The number of hydrogen-bond acceptors (Lipinski definition) is 7. The van der Waals surface area contributed by atoms with Crippen LogP contribution in [0.25, 0.3) is 0 Å². The van der Waals surface area contributed by atoms with Gasteiger partial charge < -0.3 is 29.7 Å². The Bertz CT molecular complexity index is 1430. The Morgan fingerprint density at radius 1 is 1.14 bits per heavy atom. The monoisotopic (exact) mass is 593 g/mol. The van der Waals surface area contributed by atoms with Gasteiger partial charge in [0.25, 0.3) is 5.91 Å². The number of nitrogens with one attached hydrogen (secondary N) is 3. The first-order valence-corrected chi connectivity index (χ1v) is 14.4. The highest BCUT2D eigenvalue weighted by Crippen LogP contribution is 2.29. The molecule has 2 aliphatic rings. The molecule has 2 aromatic carbocycles. The summed E-state index contributed by atoms with van der Waals surface area (Å²) in [7, 11) is 1.51. The number of aromatic amines is 1. The Morgan fingerprint density at radius 3 is 2.84 bits per heavy atom. The molecule has 0 unspecified atom stereocenters. The summed E-state index contributed by atoms with van der Waals surface area (Å²) in [5.74, 6) is 0.0203. The lowest BCUT2D eigenvalue weighted by Crippen LogP contribution is -2.58. The molecule has 0 aliphatic carbocycles. The van der Waals surface area contributed by atoms with Gasteiger partial charge in [-0.15, -0.1) is 0 Å². The van der Waals surface area contributed by atoms with Gasteiger partial charge in [0.1, 0.15) is 17.7 Å². The molecule has 12 heteroatoms. The van der Waals surface area contributed by atoms with Gasteiger partial charge in [-0.25, -0.2) is 4.39 Å². The SMILES string of the molecule is COc1ccc2cc1OCC(=O)N[C@@H]1CN(C(=O)CCCc3cn[nH]c3)CC[C@H]1Oc1cc(F)cc(c1)CNC(=O)CC2. The van der Waals surface area contributed by atoms with Crippen LogP contribution in [-0.2, 0) is 33.8 Å². The molecule has 2 atom stereocenters. The molecule has 1 saturated heterocycles. The van der Waals surface area contributed by atoms with Crippen molar-refractivity contribution in [1.29, 1.82) is 0 Å². The number of rotatable bonds is 5. The standard InChI is InChI=1S/C31H36FN5O6/c1-41-27-7-5-20-6-8-29(38)33-15-22-11-23(32)14-24(12-22)43-26-9-10-37(31(40)4-2-3-21-16-34-35-17-21)18-25(26)36-30(39)19-42-28(27)13-20/h5,7,11-14,16-17,25-26H,2-4,6,8-10,15,18-19H2,1H3,(H,33,38)(H,34,35)(H,36,39)/t25-,26-/m1/s1. The van der Waals surface area contributed by atoms with Gasteiger partial charge in [0, 0.05) is 51.2 Å². The third-order valence-corrected chi connectivity index (χ3v) is 7.60. The van der Waals surface area contributed by atoms with E-state index < -0.39 is 23.9 Å². The number of fused-ring (bicyclic) bond motifs is 5. The first kappa shape index (κ1) is 29.9. The molecule has 0 spiro atoms. The summed E-state index contributed by atoms with van der Waals surface area (Å²) in [6.45, 7) is 0.500. The average Bonchev–Trinajstić information content (AvgIpc) is 3.51. The van der Waals surface area contributed by atoms with Gasteiger partial charge in [0.05, 0.1) is 19.3 Å². The molecular weight excluding hydrogens is 557 g/mol. The van der Waals surface area contributed by atoms with Crippen molar-refractivity contribution in [1.82, 2.24) is 25.7 Å². The number of hydrogen-bond donors (Lipinski definition) is 3. The summed E-state index contributed by atoms with van der Waals surface area (Å²) in [6, 6.07) is 9.05. The van der Waals surface area contributed by atoms with Crippen molar-refractivity contribution >= 4 is 17.7 Å². The second-order valence-electron chi connectivity index (χ2n) is 10.8. The smallest absolute Gasteiger partial charge is 0.258 e. The summed E-state index contributed by atoms with van der Waals surface area (Å²) in [5, 5.41) is 12.5. The average molecular weight is 594 g/mol. The predicted molar refractivity (Wildman–Crippen MR) is 154 cm³/mol. The molecule has 3 N–H and O–H groups in total. The van der Waals surface area contributed by atoms with E-state index in [1.54, 1.807) is 29.3 Å². The first-order chi connectivity index (χ1) is 20.9. The van der Waals surface area contributed by atoms with Gasteiger partial charge in [-0.2, -0.15) is 5.10 Å². The van der Waals surface area contributed by atoms with Gasteiger partial charge in [-0.05, 0) is 60.2 Å². The molecule has 11 nitrogen and oxygen atoms in total. The van der Waals surface area contributed by atoms with Crippen LogP contribution in [0.1, 0.15) is 42.4 Å². The fourth-order valence-electron chi connectivity index (χ4n) is 5.35. The molecule has 0 saturated carbocycles. The molecule has 228 valence electrons. The zero-order chi connectivity index (χ0) is 30.2. The lowest BCUT2D eigenvalue weighted by molar-refractivity contribution is -0.135. The maximum absolute atomic E-state index is 14.5. The summed E-state index contributed by atoms with van der Waals surface area (Å²) in [6.07, 6.45) is 5.86. The number of nitrogens with zero attached hydrogens (tertiary/aromatic N) is 2. The van der Waals surface area contributed by atoms with E-state index in [1.807, 2.05) is 12.3 Å². The third kappa shape index (κ3) is 8.24. The Balaban J connectivity index is 1.34. The Hall–Kier alpha value is -4.61. The lowest BCUT2D eigenvalue weighted by Gasteiger charge is -2.39. The van der Waals surface area contributed by atoms with Crippen LogP contribution in [-0.4, -0.2) is 71.8 Å². The molecule has 5 rings (SSSR count). The summed E-state index contributed by atoms with van der Waals surface area (Å²) >= 11 is 0. The van der Waals surface area contributed by atoms with Crippen LogP contribution in [0.5, 0.6) is 17.2 Å². The van der Waals surface area contributed by atoms with Gasteiger partial charge in [-0.3, -0.25) is 19.5 Å². The molecule has 1 fully saturated rings. The maximum atomic E-state index is 14.5. The van der Waals surface area contributed by atoms with Gasteiger partial charge >= 0.3 is 0 Å². The number of H-pyrrole nitrogens is 1. The largest absolute Gasteiger partial charge is 0.493 e. The van der Waals surface area contributed by atoms with E-state index in [9.17, 15) is 18.8 Å². The highest BCUT2D eigenvalue weighted by Gasteiger charge is 2.34. The van der Waals surface area contributed by atoms with E-state index in [2.05, 4.69) is 20.8 Å². The highest BCUT2D eigenvalue weighted by atomic mass is 19.1. The minimum Gasteiger partial charge on any atom is -0.493 e.